The van der Waals surface area contributed by atoms with Gasteiger partial charge in [-0.2, -0.15) is 0 Å². The van der Waals surface area contributed by atoms with Gasteiger partial charge in [-0.25, -0.2) is 4.98 Å². The lowest BCUT2D eigenvalue weighted by Crippen LogP contribution is -2.31. The topological polar surface area (TPSA) is 67.0 Å². The Hall–Kier alpha value is -2.31. The number of imidazole rings is 1. The molecule has 0 saturated carbocycles. The van der Waals surface area contributed by atoms with Crippen LogP contribution >= 0.6 is 11.8 Å². The fourth-order valence-corrected chi connectivity index (χ4v) is 3.86. The van der Waals surface area contributed by atoms with Crippen LogP contribution in [0.25, 0.3) is 11.0 Å². The van der Waals surface area contributed by atoms with Crippen LogP contribution in [-0.2, 0) is 10.5 Å². The maximum Gasteiger partial charge on any atom is 0.251 e. The van der Waals surface area contributed by atoms with Crippen LogP contribution in [0.4, 0.5) is 0 Å². The van der Waals surface area contributed by atoms with Crippen molar-refractivity contribution in [1.29, 1.82) is 0 Å². The molecule has 2 heterocycles. The number of amides is 1. The van der Waals surface area contributed by atoms with E-state index in [9.17, 15) is 4.79 Å². The number of carbonyl (C=O) groups excluding carboxylic acids is 1. The van der Waals surface area contributed by atoms with Gasteiger partial charge in [0.15, 0.2) is 5.16 Å². The lowest BCUT2D eigenvalue weighted by molar-refractivity contribution is 0.0858. The van der Waals surface area contributed by atoms with E-state index in [0.717, 1.165) is 47.0 Å². The van der Waals surface area contributed by atoms with Crippen molar-refractivity contribution in [1.82, 2.24) is 15.3 Å². The molecular formula is C20H21N3O2S. The van der Waals surface area contributed by atoms with E-state index in [-0.39, 0.29) is 12.0 Å². The minimum absolute atomic E-state index is 0.0445. The molecule has 4 rings (SSSR count). The van der Waals surface area contributed by atoms with Crippen molar-refractivity contribution in [3.63, 3.8) is 0 Å². The number of hydrogen-bond donors (Lipinski definition) is 2. The first-order chi connectivity index (χ1) is 12.8. The zero-order valence-corrected chi connectivity index (χ0v) is 15.2. The molecule has 0 bridgehead atoms. The highest BCUT2D eigenvalue weighted by atomic mass is 32.2. The van der Waals surface area contributed by atoms with Crippen LogP contribution in [0.15, 0.2) is 53.7 Å². The van der Waals surface area contributed by atoms with E-state index in [0.29, 0.717) is 12.1 Å². The van der Waals surface area contributed by atoms with Crippen LogP contribution < -0.4 is 5.32 Å². The van der Waals surface area contributed by atoms with Crippen molar-refractivity contribution >= 4 is 28.7 Å². The number of fused-ring (bicyclic) bond motifs is 1. The molecule has 1 aliphatic rings. The molecule has 134 valence electrons. The molecule has 2 aromatic carbocycles. The Bertz CT molecular complexity index is 852. The molecular weight excluding hydrogens is 346 g/mol. The van der Waals surface area contributed by atoms with E-state index in [4.69, 9.17) is 4.74 Å². The number of thioether (sulfide) groups is 1. The van der Waals surface area contributed by atoms with Crippen LogP contribution in [-0.4, -0.2) is 35.1 Å². The van der Waals surface area contributed by atoms with E-state index in [1.54, 1.807) is 11.8 Å². The van der Waals surface area contributed by atoms with Gasteiger partial charge in [-0.15, -0.1) is 0 Å². The fraction of sp³-hybridized carbons (Fsp3) is 0.300. The minimum atomic E-state index is -0.0445. The second-order valence-corrected chi connectivity index (χ2v) is 7.35. The molecule has 0 radical (unpaired) electrons. The van der Waals surface area contributed by atoms with Gasteiger partial charge < -0.3 is 15.0 Å². The van der Waals surface area contributed by atoms with Crippen LogP contribution in [0.2, 0.25) is 0 Å². The number of ether oxygens (including phenoxy) is 1. The summed E-state index contributed by atoms with van der Waals surface area (Å²) in [6.07, 6.45) is 2.27. The van der Waals surface area contributed by atoms with Crippen LogP contribution in [0.1, 0.15) is 28.8 Å². The quantitative estimate of drug-likeness (QED) is 0.651. The SMILES string of the molecule is O=C(NCC1CCCO1)c1ccc(CSc2nc3ccccc3[nH]2)cc1. The van der Waals surface area contributed by atoms with E-state index in [1.165, 1.54) is 0 Å². The largest absolute Gasteiger partial charge is 0.376 e. The Balaban J connectivity index is 1.31. The van der Waals surface area contributed by atoms with Crippen molar-refractivity contribution in [2.75, 3.05) is 13.2 Å². The second-order valence-electron chi connectivity index (χ2n) is 6.39. The Labute approximate surface area is 156 Å². The Kier molecular flexibility index (Phi) is 5.22. The van der Waals surface area contributed by atoms with Crippen molar-refractivity contribution in [3.8, 4) is 0 Å². The molecule has 26 heavy (non-hydrogen) atoms. The average molecular weight is 367 g/mol. The molecule has 2 N–H and O–H groups in total. The van der Waals surface area contributed by atoms with Crippen LogP contribution in [0.5, 0.6) is 0 Å². The summed E-state index contributed by atoms with van der Waals surface area (Å²) >= 11 is 1.66. The summed E-state index contributed by atoms with van der Waals surface area (Å²) in [6, 6.07) is 15.8. The number of aromatic amines is 1. The highest BCUT2D eigenvalue weighted by Crippen LogP contribution is 2.23. The molecule has 1 saturated heterocycles. The van der Waals surface area contributed by atoms with Gasteiger partial charge in [0.1, 0.15) is 0 Å². The van der Waals surface area contributed by atoms with Crippen molar-refractivity contribution in [3.05, 3.63) is 59.7 Å². The monoisotopic (exact) mass is 367 g/mol. The van der Waals surface area contributed by atoms with E-state index >= 15 is 0 Å². The zero-order valence-electron chi connectivity index (χ0n) is 14.4. The van der Waals surface area contributed by atoms with E-state index < -0.39 is 0 Å². The molecule has 3 aromatic rings. The summed E-state index contributed by atoms with van der Waals surface area (Å²) in [6.45, 7) is 1.39. The number of carbonyl (C=O) groups is 1. The van der Waals surface area contributed by atoms with E-state index in [1.807, 2.05) is 48.5 Å². The molecule has 0 aliphatic carbocycles. The molecule has 1 atom stereocenters. The normalized spacial score (nSPS) is 16.8. The molecule has 1 unspecified atom stereocenters. The van der Waals surface area contributed by atoms with Crippen LogP contribution in [0, 0.1) is 0 Å². The van der Waals surface area contributed by atoms with Crippen LogP contribution in [0.3, 0.4) is 0 Å². The second kappa shape index (κ2) is 7.93. The van der Waals surface area contributed by atoms with E-state index in [2.05, 4.69) is 15.3 Å². The highest BCUT2D eigenvalue weighted by molar-refractivity contribution is 7.98. The molecule has 1 aromatic heterocycles. The summed E-state index contributed by atoms with van der Waals surface area (Å²) in [5, 5.41) is 3.86. The average Bonchev–Trinajstić information content (AvgIpc) is 3.34. The maximum absolute atomic E-state index is 12.2. The molecule has 1 amide bonds. The molecule has 0 spiro atoms. The van der Waals surface area contributed by atoms with Crippen molar-refractivity contribution < 1.29 is 9.53 Å². The lowest BCUT2D eigenvalue weighted by Gasteiger charge is -2.11. The molecule has 1 fully saturated rings. The third kappa shape index (κ3) is 4.08. The maximum atomic E-state index is 12.2. The van der Waals surface area contributed by atoms with Gasteiger partial charge in [-0.05, 0) is 42.7 Å². The number of rotatable bonds is 6. The molecule has 1 aliphatic heterocycles. The minimum Gasteiger partial charge on any atom is -0.376 e. The Morgan fingerprint density at radius 1 is 1.23 bits per heavy atom. The summed E-state index contributed by atoms with van der Waals surface area (Å²) in [4.78, 5) is 20.1. The highest BCUT2D eigenvalue weighted by Gasteiger charge is 2.16. The van der Waals surface area contributed by atoms with Gasteiger partial charge in [-0.3, -0.25) is 4.79 Å². The first-order valence-electron chi connectivity index (χ1n) is 8.84. The Morgan fingerprint density at radius 3 is 2.85 bits per heavy atom. The molecule has 5 nitrogen and oxygen atoms in total. The van der Waals surface area contributed by atoms with Gasteiger partial charge >= 0.3 is 0 Å². The van der Waals surface area contributed by atoms with Gasteiger partial charge in [0.05, 0.1) is 17.1 Å². The summed E-state index contributed by atoms with van der Waals surface area (Å²) in [7, 11) is 0. The predicted octanol–water partition coefficient (Wildman–Crippen LogP) is 3.76. The van der Waals surface area contributed by atoms with Crippen molar-refractivity contribution in [2.45, 2.75) is 29.9 Å². The van der Waals surface area contributed by atoms with Crippen molar-refractivity contribution in [2.24, 2.45) is 0 Å². The summed E-state index contributed by atoms with van der Waals surface area (Å²) in [5.41, 5.74) is 3.87. The third-order valence-corrected chi connectivity index (χ3v) is 5.42. The molecule has 6 heteroatoms. The summed E-state index contributed by atoms with van der Waals surface area (Å²) in [5.74, 6) is 0.759. The number of nitrogens with one attached hydrogen (secondary N) is 2. The number of para-hydroxylation sites is 2. The van der Waals surface area contributed by atoms with Gasteiger partial charge in [0.25, 0.3) is 5.91 Å². The van der Waals surface area contributed by atoms with Gasteiger partial charge in [-0.1, -0.05) is 36.0 Å². The predicted molar refractivity (Wildman–Crippen MR) is 103 cm³/mol. The first kappa shape index (κ1) is 17.1. The lowest BCUT2D eigenvalue weighted by atomic mass is 10.1. The number of hydrogen-bond acceptors (Lipinski definition) is 4. The summed E-state index contributed by atoms with van der Waals surface area (Å²) < 4.78 is 5.53. The van der Waals surface area contributed by atoms with Gasteiger partial charge in [0.2, 0.25) is 0 Å². The number of nitrogens with zero attached hydrogens (tertiary/aromatic N) is 1. The third-order valence-electron chi connectivity index (χ3n) is 4.47. The number of benzene rings is 2. The van der Waals surface area contributed by atoms with Gasteiger partial charge in [0, 0.05) is 24.5 Å². The number of aromatic nitrogens is 2. The Morgan fingerprint density at radius 2 is 2.08 bits per heavy atom. The number of H-pyrrole nitrogens is 1. The first-order valence-corrected chi connectivity index (χ1v) is 9.83. The standard InChI is InChI=1S/C20H21N3O2S/c24-19(21-12-16-4-3-11-25-16)15-9-7-14(8-10-15)13-26-20-22-17-5-1-2-6-18(17)23-20/h1-2,5-10,16H,3-4,11-13H2,(H,21,24)(H,22,23). The smallest absolute Gasteiger partial charge is 0.251 e. The fourth-order valence-electron chi connectivity index (χ4n) is 3.02. The zero-order chi connectivity index (χ0) is 17.8.